The highest BCUT2D eigenvalue weighted by molar-refractivity contribution is 7.99. The molecule has 2 aliphatic heterocycles. The predicted octanol–water partition coefficient (Wildman–Crippen LogP) is 4.03. The Morgan fingerprint density at radius 2 is 2.10 bits per heavy atom. The molecule has 1 aromatic carbocycles. The van der Waals surface area contributed by atoms with Crippen LogP contribution in [0.4, 0.5) is 0 Å². The zero-order valence-electron chi connectivity index (χ0n) is 11.5. The maximum Gasteiger partial charge on any atom is 0.0757 e. The molecule has 4 heteroatoms. The molecule has 1 aromatic rings. The number of nitrogens with one attached hydrogen (secondary N) is 1. The molecular weight excluding hydrogens is 290 g/mol. The van der Waals surface area contributed by atoms with Crippen LogP contribution >= 0.6 is 23.4 Å². The number of fused-ring (bicyclic) bond motifs is 1. The maximum atomic E-state index is 6.19. The van der Waals surface area contributed by atoms with Gasteiger partial charge in [-0.1, -0.05) is 11.6 Å². The summed E-state index contributed by atoms with van der Waals surface area (Å²) in [7, 11) is 0. The van der Waals surface area contributed by atoms with Gasteiger partial charge in [0.1, 0.15) is 0 Å². The molecular formula is C16H20ClNOS. The van der Waals surface area contributed by atoms with Gasteiger partial charge in [-0.15, -0.1) is 11.8 Å². The smallest absolute Gasteiger partial charge is 0.0757 e. The summed E-state index contributed by atoms with van der Waals surface area (Å²) >= 11 is 8.13. The summed E-state index contributed by atoms with van der Waals surface area (Å²) in [6, 6.07) is 7.28. The van der Waals surface area contributed by atoms with Crippen LogP contribution in [-0.4, -0.2) is 24.5 Å². The van der Waals surface area contributed by atoms with E-state index in [1.165, 1.54) is 35.5 Å². The molecule has 3 unspecified atom stereocenters. The van der Waals surface area contributed by atoms with Crippen molar-refractivity contribution in [3.63, 3.8) is 0 Å². The predicted molar refractivity (Wildman–Crippen MR) is 83.5 cm³/mol. The molecule has 108 valence electrons. The van der Waals surface area contributed by atoms with E-state index in [4.69, 9.17) is 16.3 Å². The van der Waals surface area contributed by atoms with Crippen LogP contribution in [0.3, 0.4) is 0 Å². The molecule has 1 saturated heterocycles. The largest absolute Gasteiger partial charge is 0.376 e. The highest BCUT2D eigenvalue weighted by Gasteiger charge is 2.41. The van der Waals surface area contributed by atoms with Gasteiger partial charge in [-0.25, -0.2) is 0 Å². The molecule has 0 spiro atoms. The number of benzene rings is 1. The molecule has 20 heavy (non-hydrogen) atoms. The Morgan fingerprint density at radius 1 is 1.20 bits per heavy atom. The van der Waals surface area contributed by atoms with Crippen LogP contribution in [0.5, 0.6) is 0 Å². The second-order valence-electron chi connectivity index (χ2n) is 6.11. The lowest BCUT2D eigenvalue weighted by Gasteiger charge is -2.30. The summed E-state index contributed by atoms with van der Waals surface area (Å²) < 4.78 is 5.95. The Bertz CT molecular complexity index is 505. The van der Waals surface area contributed by atoms with Crippen molar-refractivity contribution in [1.82, 2.24) is 5.32 Å². The Hall–Kier alpha value is -0.220. The lowest BCUT2D eigenvalue weighted by Crippen LogP contribution is -2.40. The minimum Gasteiger partial charge on any atom is -0.376 e. The van der Waals surface area contributed by atoms with Gasteiger partial charge in [0.05, 0.1) is 6.10 Å². The highest BCUT2D eigenvalue weighted by Crippen LogP contribution is 2.41. The number of hydrogen-bond acceptors (Lipinski definition) is 3. The van der Waals surface area contributed by atoms with Crippen molar-refractivity contribution in [3.8, 4) is 0 Å². The van der Waals surface area contributed by atoms with Crippen molar-refractivity contribution in [1.29, 1.82) is 0 Å². The molecule has 0 radical (unpaired) electrons. The minimum absolute atomic E-state index is 0.442. The van der Waals surface area contributed by atoms with Crippen molar-refractivity contribution < 1.29 is 4.74 Å². The number of halogens is 1. The Labute approximate surface area is 129 Å². The van der Waals surface area contributed by atoms with Crippen molar-refractivity contribution in [2.24, 2.45) is 5.92 Å². The SMILES string of the molecule is Clc1ccc2c(c1)C(NC1CCOC1C1CC1)CCS2. The lowest BCUT2D eigenvalue weighted by molar-refractivity contribution is 0.0786. The van der Waals surface area contributed by atoms with Gasteiger partial charge in [0.15, 0.2) is 0 Å². The van der Waals surface area contributed by atoms with Crippen LogP contribution in [-0.2, 0) is 4.74 Å². The number of thioether (sulfide) groups is 1. The van der Waals surface area contributed by atoms with Gasteiger partial charge < -0.3 is 10.1 Å². The average molecular weight is 310 g/mol. The molecule has 1 saturated carbocycles. The van der Waals surface area contributed by atoms with Crippen LogP contribution in [0, 0.1) is 5.92 Å². The Balaban J connectivity index is 1.53. The topological polar surface area (TPSA) is 21.3 Å². The third-order valence-electron chi connectivity index (χ3n) is 4.65. The third-order valence-corrected chi connectivity index (χ3v) is 6.01. The molecule has 0 aromatic heterocycles. The van der Waals surface area contributed by atoms with E-state index in [-0.39, 0.29) is 0 Å². The van der Waals surface area contributed by atoms with Crippen molar-refractivity contribution in [2.45, 2.75) is 48.8 Å². The minimum atomic E-state index is 0.442. The van der Waals surface area contributed by atoms with E-state index in [0.29, 0.717) is 18.2 Å². The monoisotopic (exact) mass is 309 g/mol. The van der Waals surface area contributed by atoms with E-state index in [9.17, 15) is 0 Å². The molecule has 2 fully saturated rings. The normalized spacial score (nSPS) is 33.1. The molecule has 4 rings (SSSR count). The summed E-state index contributed by atoms with van der Waals surface area (Å²) in [6.07, 6.45) is 5.50. The Kier molecular flexibility index (Phi) is 3.71. The van der Waals surface area contributed by atoms with Gasteiger partial charge >= 0.3 is 0 Å². The molecule has 0 bridgehead atoms. The van der Waals surface area contributed by atoms with E-state index >= 15 is 0 Å². The van der Waals surface area contributed by atoms with E-state index in [1.54, 1.807) is 0 Å². The van der Waals surface area contributed by atoms with E-state index in [2.05, 4.69) is 17.4 Å². The number of ether oxygens (including phenoxy) is 1. The summed E-state index contributed by atoms with van der Waals surface area (Å²) in [5.74, 6) is 2.00. The van der Waals surface area contributed by atoms with Crippen molar-refractivity contribution in [3.05, 3.63) is 28.8 Å². The van der Waals surface area contributed by atoms with Gasteiger partial charge in [0, 0.05) is 28.6 Å². The molecule has 3 atom stereocenters. The zero-order chi connectivity index (χ0) is 13.5. The van der Waals surface area contributed by atoms with E-state index < -0.39 is 0 Å². The summed E-state index contributed by atoms with van der Waals surface area (Å²) in [6.45, 7) is 0.919. The van der Waals surface area contributed by atoms with Gasteiger partial charge in [0.25, 0.3) is 0 Å². The summed E-state index contributed by atoms with van der Waals surface area (Å²) in [5, 5.41) is 4.72. The second kappa shape index (κ2) is 5.53. The number of rotatable bonds is 3. The quantitative estimate of drug-likeness (QED) is 0.910. The molecule has 0 amide bonds. The van der Waals surface area contributed by atoms with Crippen molar-refractivity contribution in [2.75, 3.05) is 12.4 Å². The van der Waals surface area contributed by atoms with Gasteiger partial charge in [-0.2, -0.15) is 0 Å². The molecule has 2 nitrogen and oxygen atoms in total. The number of hydrogen-bond donors (Lipinski definition) is 1. The van der Waals surface area contributed by atoms with Crippen LogP contribution < -0.4 is 5.32 Å². The van der Waals surface area contributed by atoms with E-state index in [0.717, 1.165) is 24.0 Å². The first-order chi connectivity index (χ1) is 9.81. The van der Waals surface area contributed by atoms with Crippen LogP contribution in [0.25, 0.3) is 0 Å². The van der Waals surface area contributed by atoms with Crippen molar-refractivity contribution >= 4 is 23.4 Å². The van der Waals surface area contributed by atoms with Gasteiger partial charge in [-0.3, -0.25) is 0 Å². The highest BCUT2D eigenvalue weighted by atomic mass is 35.5. The molecule has 1 N–H and O–H groups in total. The summed E-state index contributed by atoms with van der Waals surface area (Å²) in [4.78, 5) is 1.39. The van der Waals surface area contributed by atoms with Crippen LogP contribution in [0.15, 0.2) is 23.1 Å². The molecule has 3 aliphatic rings. The first-order valence-corrected chi connectivity index (χ1v) is 8.97. The second-order valence-corrected chi connectivity index (χ2v) is 7.68. The van der Waals surface area contributed by atoms with Crippen LogP contribution in [0.1, 0.15) is 37.3 Å². The standard InChI is InChI=1S/C16H20ClNOS/c17-11-3-4-15-12(9-11)13(6-8-20-15)18-14-5-7-19-16(14)10-1-2-10/h3-4,9-10,13-14,16,18H,1-2,5-8H2. The maximum absolute atomic E-state index is 6.19. The fourth-order valence-corrected chi connectivity index (χ4v) is 4.76. The van der Waals surface area contributed by atoms with Crippen LogP contribution in [0.2, 0.25) is 5.02 Å². The van der Waals surface area contributed by atoms with E-state index in [1.807, 2.05) is 17.8 Å². The third kappa shape index (κ3) is 2.61. The van der Waals surface area contributed by atoms with Gasteiger partial charge in [0.2, 0.25) is 0 Å². The average Bonchev–Trinajstić information content (AvgIpc) is 3.20. The fraction of sp³-hybridized carbons (Fsp3) is 0.625. The summed E-state index contributed by atoms with van der Waals surface area (Å²) in [5.41, 5.74) is 1.38. The first-order valence-electron chi connectivity index (χ1n) is 7.61. The first kappa shape index (κ1) is 13.4. The fourth-order valence-electron chi connectivity index (χ4n) is 3.48. The Morgan fingerprint density at radius 3 is 2.95 bits per heavy atom. The molecule has 2 heterocycles. The lowest BCUT2D eigenvalue weighted by atomic mass is 9.99. The zero-order valence-corrected chi connectivity index (χ0v) is 13.1. The molecule has 1 aliphatic carbocycles. The van der Waals surface area contributed by atoms with Gasteiger partial charge in [-0.05, 0) is 61.1 Å².